The first-order valence-electron chi connectivity index (χ1n) is 4.27. The van der Waals surface area contributed by atoms with E-state index in [0.29, 0.717) is 22.8 Å². The van der Waals surface area contributed by atoms with Crippen molar-refractivity contribution in [3.63, 3.8) is 0 Å². The normalized spacial score (nSPS) is 9.00. The number of carbonyl (C=O) groups excluding carboxylic acids is 1. The van der Waals surface area contributed by atoms with Gasteiger partial charge >= 0.3 is 0 Å². The topological polar surface area (TPSA) is 44.8 Å². The maximum absolute atomic E-state index is 10.3. The van der Waals surface area contributed by atoms with Gasteiger partial charge in [0.1, 0.15) is 23.2 Å². The first-order valence-corrected chi connectivity index (χ1v) is 4.27. The molecule has 0 spiro atoms. The van der Waals surface area contributed by atoms with Gasteiger partial charge in [-0.1, -0.05) is 0 Å². The maximum Gasteiger partial charge on any atom is 0.134 e. The van der Waals surface area contributed by atoms with Gasteiger partial charge < -0.3 is 14.2 Å². The van der Waals surface area contributed by atoms with E-state index < -0.39 is 0 Å². The zero-order valence-corrected chi connectivity index (χ0v) is 8.87. The van der Waals surface area contributed by atoms with Gasteiger partial charge in [-0.05, 0) is 0 Å². The van der Waals surface area contributed by atoms with Crippen molar-refractivity contribution in [1.29, 1.82) is 0 Å². The molecule has 0 amide bonds. The lowest BCUT2D eigenvalue weighted by atomic mass is 10.1. The van der Waals surface area contributed by atoms with E-state index in [2.05, 4.69) is 0 Å². The summed E-state index contributed by atoms with van der Waals surface area (Å²) in [5, 5.41) is 0. The molecule has 0 aliphatic carbocycles. The van der Waals surface area contributed by atoms with Crippen LogP contribution in [0, 0.1) is 0 Å². The Kier molecular flexibility index (Phi) is 3.77. The summed E-state index contributed by atoms with van der Waals surface area (Å²) in [7, 11) is 4.57. The summed E-state index contributed by atoms with van der Waals surface area (Å²) in [6.07, 6.45) is 1.26. The third-order valence-corrected chi connectivity index (χ3v) is 1.96. The monoisotopic (exact) mass is 208 g/mol. The second-order valence-electron chi connectivity index (χ2n) is 2.71. The zero-order chi connectivity index (χ0) is 11.3. The quantitative estimate of drug-likeness (QED) is 0.704. The largest absolute Gasteiger partial charge is 0.496 e. The van der Waals surface area contributed by atoms with E-state index in [-0.39, 0.29) is 0 Å². The molecule has 0 aromatic heterocycles. The molecule has 0 N–H and O–H groups in total. The summed E-state index contributed by atoms with van der Waals surface area (Å²) in [5.74, 6) is 3.32. The molecular formula is C11H12O4. The summed E-state index contributed by atoms with van der Waals surface area (Å²) in [5.41, 5.74) is 0.552. The first kappa shape index (κ1) is 11.1. The van der Waals surface area contributed by atoms with Crippen LogP contribution in [-0.2, 0) is 4.79 Å². The third kappa shape index (κ3) is 2.30. The summed E-state index contributed by atoms with van der Waals surface area (Å²) in [4.78, 5) is 10.3. The highest BCUT2D eigenvalue weighted by Gasteiger charge is 2.10. The van der Waals surface area contributed by atoms with Gasteiger partial charge in [-0.3, -0.25) is 0 Å². The molecule has 0 bridgehead atoms. The van der Waals surface area contributed by atoms with E-state index in [9.17, 15) is 4.79 Å². The Labute approximate surface area is 88.1 Å². The van der Waals surface area contributed by atoms with Crippen molar-refractivity contribution in [2.24, 2.45) is 0 Å². The summed E-state index contributed by atoms with van der Waals surface area (Å²) < 4.78 is 15.3. The van der Waals surface area contributed by atoms with E-state index in [4.69, 9.17) is 14.2 Å². The second-order valence-corrected chi connectivity index (χ2v) is 2.71. The van der Waals surface area contributed by atoms with Gasteiger partial charge in [-0.15, -0.1) is 0 Å². The predicted molar refractivity (Wildman–Crippen MR) is 56.3 cm³/mol. The van der Waals surface area contributed by atoms with Crippen molar-refractivity contribution in [1.82, 2.24) is 0 Å². The van der Waals surface area contributed by atoms with Crippen LogP contribution >= 0.6 is 0 Å². The Bertz CT molecular complexity index is 367. The molecule has 15 heavy (non-hydrogen) atoms. The van der Waals surface area contributed by atoms with Crippen LogP contribution in [-0.4, -0.2) is 27.3 Å². The molecule has 0 unspecified atom stereocenters. The molecule has 4 nitrogen and oxygen atoms in total. The van der Waals surface area contributed by atoms with Gasteiger partial charge in [0.15, 0.2) is 0 Å². The average molecular weight is 208 g/mol. The predicted octanol–water partition coefficient (Wildman–Crippen LogP) is 1.56. The minimum absolute atomic E-state index is 0.509. The fourth-order valence-corrected chi connectivity index (χ4v) is 1.23. The van der Waals surface area contributed by atoms with Crippen LogP contribution in [0.25, 0.3) is 6.08 Å². The number of methoxy groups -OCH3 is 3. The molecule has 0 aliphatic heterocycles. The van der Waals surface area contributed by atoms with Crippen molar-refractivity contribution in [3.05, 3.63) is 17.7 Å². The fraction of sp³-hybridized carbons (Fsp3) is 0.273. The van der Waals surface area contributed by atoms with Gasteiger partial charge in [-0.25, -0.2) is 4.79 Å². The highest BCUT2D eigenvalue weighted by Crippen LogP contribution is 2.34. The van der Waals surface area contributed by atoms with E-state index >= 15 is 0 Å². The molecule has 0 radical (unpaired) electrons. The number of benzene rings is 1. The molecule has 1 aromatic rings. The lowest BCUT2D eigenvalue weighted by Crippen LogP contribution is -1.94. The van der Waals surface area contributed by atoms with Crippen LogP contribution in [0.4, 0.5) is 0 Å². The van der Waals surface area contributed by atoms with Crippen LogP contribution in [0.2, 0.25) is 0 Å². The van der Waals surface area contributed by atoms with Crippen LogP contribution < -0.4 is 14.2 Å². The average Bonchev–Trinajstić information content (AvgIpc) is 2.29. The number of ether oxygens (including phenoxy) is 3. The van der Waals surface area contributed by atoms with Crippen LogP contribution in [0.5, 0.6) is 17.2 Å². The van der Waals surface area contributed by atoms with Crippen molar-refractivity contribution in [3.8, 4) is 17.2 Å². The minimum Gasteiger partial charge on any atom is -0.496 e. The number of hydrogen-bond acceptors (Lipinski definition) is 4. The van der Waals surface area contributed by atoms with Crippen LogP contribution in [0.15, 0.2) is 12.1 Å². The van der Waals surface area contributed by atoms with Crippen LogP contribution in [0.1, 0.15) is 5.56 Å². The molecule has 0 saturated carbocycles. The van der Waals surface area contributed by atoms with Gasteiger partial charge in [-0.2, -0.15) is 0 Å². The second kappa shape index (κ2) is 5.08. The highest BCUT2D eigenvalue weighted by atomic mass is 16.5. The van der Waals surface area contributed by atoms with Crippen LogP contribution in [0.3, 0.4) is 0 Å². The van der Waals surface area contributed by atoms with E-state index in [1.165, 1.54) is 20.3 Å². The van der Waals surface area contributed by atoms with Gasteiger partial charge in [0.2, 0.25) is 0 Å². The lowest BCUT2D eigenvalue weighted by Gasteiger charge is -2.11. The highest BCUT2D eigenvalue weighted by molar-refractivity contribution is 5.81. The van der Waals surface area contributed by atoms with Gasteiger partial charge in [0.05, 0.1) is 26.9 Å². The molecule has 4 heteroatoms. The Hall–Kier alpha value is -1.93. The summed E-state index contributed by atoms with van der Waals surface area (Å²) in [6, 6.07) is 3.34. The van der Waals surface area contributed by atoms with E-state index in [1.807, 2.05) is 0 Å². The van der Waals surface area contributed by atoms with E-state index in [0.717, 1.165) is 0 Å². The molecule has 0 fully saturated rings. The zero-order valence-electron chi connectivity index (χ0n) is 8.87. The van der Waals surface area contributed by atoms with Crippen molar-refractivity contribution in [2.75, 3.05) is 21.3 Å². The van der Waals surface area contributed by atoms with Crippen molar-refractivity contribution in [2.45, 2.75) is 0 Å². The van der Waals surface area contributed by atoms with E-state index in [1.54, 1.807) is 25.2 Å². The lowest BCUT2D eigenvalue weighted by molar-refractivity contribution is 0.374. The Morgan fingerprint density at radius 2 is 1.60 bits per heavy atom. The van der Waals surface area contributed by atoms with Crippen molar-refractivity contribution < 1.29 is 19.0 Å². The molecule has 0 heterocycles. The summed E-state index contributed by atoms with van der Waals surface area (Å²) in [6.45, 7) is 0. The Morgan fingerprint density at radius 1 is 1.07 bits per heavy atom. The molecule has 0 aliphatic rings. The molecule has 0 atom stereocenters. The van der Waals surface area contributed by atoms with Gasteiger partial charge in [0, 0.05) is 18.2 Å². The number of rotatable bonds is 4. The smallest absolute Gasteiger partial charge is 0.134 e. The molecule has 80 valence electrons. The minimum atomic E-state index is 0.509. The molecule has 0 saturated heterocycles. The first-order chi connectivity index (χ1) is 7.26. The molecule has 1 rings (SSSR count). The molecular weight excluding hydrogens is 196 g/mol. The summed E-state index contributed by atoms with van der Waals surface area (Å²) >= 11 is 0. The van der Waals surface area contributed by atoms with Gasteiger partial charge in [0.25, 0.3) is 0 Å². The Morgan fingerprint density at radius 3 is 1.93 bits per heavy atom. The maximum atomic E-state index is 10.3. The standard InChI is InChI=1S/C11H12O4/c1-13-8-6-10(14-2)9(4-5-12)11(7-8)15-3/h4,6-7H,1-3H3. The van der Waals surface area contributed by atoms with Crippen molar-refractivity contribution >= 4 is 12.0 Å². The Balaban J connectivity index is 3.38. The molecule has 1 aromatic carbocycles. The fourth-order valence-electron chi connectivity index (χ4n) is 1.23. The SMILES string of the molecule is COc1cc(OC)c(C=C=O)c(OC)c1. The number of hydrogen-bond donors (Lipinski definition) is 0. The third-order valence-electron chi connectivity index (χ3n) is 1.96.